The molecule has 0 aliphatic rings. The van der Waals surface area contributed by atoms with E-state index in [4.69, 9.17) is 0 Å². The number of rotatable bonds is 3. The van der Waals surface area contributed by atoms with Crippen molar-refractivity contribution in [1.82, 2.24) is 0 Å². The molecule has 88 valence electrons. The quantitative estimate of drug-likeness (QED) is 0.710. The van der Waals surface area contributed by atoms with Crippen molar-refractivity contribution in [3.05, 3.63) is 47.5 Å². The first kappa shape index (κ1) is 11.8. The van der Waals surface area contributed by atoms with E-state index in [9.17, 15) is 4.79 Å². The van der Waals surface area contributed by atoms with Gasteiger partial charge in [0.1, 0.15) is 0 Å². The molecule has 1 heteroatoms. The normalized spacial score (nSPS) is 11.1. The molecule has 0 radical (unpaired) electrons. The summed E-state index contributed by atoms with van der Waals surface area (Å²) in [5, 5.41) is 2.26. The number of aryl methyl sites for hydroxylation is 1. The summed E-state index contributed by atoms with van der Waals surface area (Å²) in [7, 11) is 0. The molecule has 0 heterocycles. The molecule has 0 atom stereocenters. The van der Waals surface area contributed by atoms with Gasteiger partial charge in [0.05, 0.1) is 0 Å². The van der Waals surface area contributed by atoms with Crippen molar-refractivity contribution >= 4 is 16.6 Å². The summed E-state index contributed by atoms with van der Waals surface area (Å²) in [6.45, 7) is 6.24. The number of fused-ring (bicyclic) bond motifs is 1. The highest BCUT2D eigenvalue weighted by Crippen LogP contribution is 2.24. The minimum Gasteiger partial charge on any atom is -0.294 e. The van der Waals surface area contributed by atoms with E-state index in [2.05, 4.69) is 26.8 Å². The zero-order valence-corrected chi connectivity index (χ0v) is 10.7. The third-order valence-corrected chi connectivity index (χ3v) is 3.04. The van der Waals surface area contributed by atoms with Gasteiger partial charge in [-0.05, 0) is 29.2 Å². The van der Waals surface area contributed by atoms with Crippen LogP contribution in [0.1, 0.15) is 36.2 Å². The van der Waals surface area contributed by atoms with E-state index in [0.717, 1.165) is 10.9 Å². The Labute approximate surface area is 102 Å². The first-order valence-corrected chi connectivity index (χ1v) is 6.11. The molecular formula is C16H18O. The number of benzene rings is 2. The fraction of sp³-hybridized carbons (Fsp3) is 0.312. The van der Waals surface area contributed by atoms with Crippen molar-refractivity contribution in [3.8, 4) is 0 Å². The summed E-state index contributed by atoms with van der Waals surface area (Å²) in [4.78, 5) is 12.2. The molecule has 0 N–H and O–H groups in total. The van der Waals surface area contributed by atoms with Crippen LogP contribution in [-0.4, -0.2) is 5.78 Å². The smallest absolute Gasteiger partial charge is 0.163 e. The molecule has 0 fully saturated rings. The lowest BCUT2D eigenvalue weighted by Gasteiger charge is -2.09. The first-order chi connectivity index (χ1) is 8.09. The Morgan fingerprint density at radius 3 is 2.35 bits per heavy atom. The molecule has 0 aliphatic heterocycles. The summed E-state index contributed by atoms with van der Waals surface area (Å²) >= 11 is 0. The van der Waals surface area contributed by atoms with Crippen LogP contribution in [-0.2, 0) is 0 Å². The van der Waals surface area contributed by atoms with Crippen LogP contribution in [0.15, 0.2) is 36.4 Å². The third kappa shape index (κ3) is 2.38. The summed E-state index contributed by atoms with van der Waals surface area (Å²) in [5.41, 5.74) is 2.08. The van der Waals surface area contributed by atoms with Crippen molar-refractivity contribution in [1.29, 1.82) is 0 Å². The summed E-state index contributed by atoms with van der Waals surface area (Å²) in [6.07, 6.45) is 0.618. The topological polar surface area (TPSA) is 17.1 Å². The Balaban J connectivity index is 2.55. The van der Waals surface area contributed by atoms with Crippen LogP contribution in [0.5, 0.6) is 0 Å². The number of carbonyl (C=O) groups excluding carboxylic acids is 1. The monoisotopic (exact) mass is 226 g/mol. The third-order valence-electron chi connectivity index (χ3n) is 3.04. The van der Waals surface area contributed by atoms with E-state index in [0.29, 0.717) is 12.3 Å². The number of Topliss-reactive ketones (excluding diaryl/α,β-unsaturated/α-hetero) is 1. The van der Waals surface area contributed by atoms with Gasteiger partial charge in [-0.15, -0.1) is 0 Å². The molecule has 1 nitrogen and oxygen atoms in total. The van der Waals surface area contributed by atoms with Gasteiger partial charge in [0.25, 0.3) is 0 Å². The largest absolute Gasteiger partial charge is 0.294 e. The van der Waals surface area contributed by atoms with Crippen molar-refractivity contribution < 1.29 is 4.79 Å². The van der Waals surface area contributed by atoms with Crippen molar-refractivity contribution in [2.45, 2.75) is 27.2 Å². The second-order valence-corrected chi connectivity index (χ2v) is 5.00. The Kier molecular flexibility index (Phi) is 3.28. The van der Waals surface area contributed by atoms with Gasteiger partial charge in [-0.25, -0.2) is 0 Å². The minimum atomic E-state index is 0.246. The Morgan fingerprint density at radius 1 is 1.06 bits per heavy atom. The lowest BCUT2D eigenvalue weighted by atomic mass is 9.94. The second-order valence-electron chi connectivity index (χ2n) is 5.00. The van der Waals surface area contributed by atoms with Crippen molar-refractivity contribution in [3.63, 3.8) is 0 Å². The summed E-state index contributed by atoms with van der Waals surface area (Å²) in [5.74, 6) is 0.652. The number of hydrogen-bond acceptors (Lipinski definition) is 1. The van der Waals surface area contributed by atoms with E-state index < -0.39 is 0 Å². The van der Waals surface area contributed by atoms with E-state index >= 15 is 0 Å². The lowest BCUT2D eigenvalue weighted by molar-refractivity contribution is 0.0969. The zero-order chi connectivity index (χ0) is 12.4. The van der Waals surface area contributed by atoms with E-state index in [1.54, 1.807) is 0 Å². The predicted octanol–water partition coefficient (Wildman–Crippen LogP) is 4.38. The fourth-order valence-corrected chi connectivity index (χ4v) is 2.17. The molecule has 0 amide bonds. The average molecular weight is 226 g/mol. The van der Waals surface area contributed by atoms with Gasteiger partial charge in [-0.2, -0.15) is 0 Å². The summed E-state index contributed by atoms with van der Waals surface area (Å²) < 4.78 is 0. The van der Waals surface area contributed by atoms with Gasteiger partial charge in [-0.3, -0.25) is 4.79 Å². The molecule has 0 saturated carbocycles. The highest BCUT2D eigenvalue weighted by atomic mass is 16.1. The molecule has 0 aromatic heterocycles. The van der Waals surface area contributed by atoms with Gasteiger partial charge in [-0.1, -0.05) is 50.2 Å². The molecule has 0 saturated heterocycles. The Bertz CT molecular complexity index is 552. The molecule has 2 aromatic rings. The molecule has 0 unspecified atom stereocenters. The maximum absolute atomic E-state index is 12.2. The highest BCUT2D eigenvalue weighted by molar-refractivity contribution is 6.08. The molecule has 2 aromatic carbocycles. The van der Waals surface area contributed by atoms with Gasteiger partial charge in [0.15, 0.2) is 5.78 Å². The molecule has 0 spiro atoms. The van der Waals surface area contributed by atoms with Crippen LogP contribution in [0.3, 0.4) is 0 Å². The standard InChI is InChI=1S/C16H18O/c1-11(2)10-16(17)15-9-8-12(3)13-6-4-5-7-14(13)15/h4-9,11H,10H2,1-3H3. The Hall–Kier alpha value is -1.63. The number of hydrogen-bond donors (Lipinski definition) is 0. The maximum Gasteiger partial charge on any atom is 0.163 e. The maximum atomic E-state index is 12.2. The zero-order valence-electron chi connectivity index (χ0n) is 10.7. The van der Waals surface area contributed by atoms with E-state index in [1.807, 2.05) is 30.3 Å². The molecule has 0 aliphatic carbocycles. The van der Waals surface area contributed by atoms with Gasteiger partial charge in [0.2, 0.25) is 0 Å². The lowest BCUT2D eigenvalue weighted by Crippen LogP contribution is -2.04. The molecule has 0 bridgehead atoms. The predicted molar refractivity (Wildman–Crippen MR) is 72.5 cm³/mol. The Morgan fingerprint density at radius 2 is 1.71 bits per heavy atom. The first-order valence-electron chi connectivity index (χ1n) is 6.11. The summed E-state index contributed by atoms with van der Waals surface area (Å²) in [6, 6.07) is 12.1. The van der Waals surface area contributed by atoms with Crippen LogP contribution >= 0.6 is 0 Å². The average Bonchev–Trinajstić information content (AvgIpc) is 2.29. The minimum absolute atomic E-state index is 0.246. The fourth-order valence-electron chi connectivity index (χ4n) is 2.17. The highest BCUT2D eigenvalue weighted by Gasteiger charge is 2.12. The second kappa shape index (κ2) is 4.70. The number of ketones is 1. The van der Waals surface area contributed by atoms with Crippen molar-refractivity contribution in [2.24, 2.45) is 5.92 Å². The van der Waals surface area contributed by atoms with Crippen LogP contribution in [0, 0.1) is 12.8 Å². The van der Waals surface area contributed by atoms with Gasteiger partial charge in [0, 0.05) is 12.0 Å². The molecule has 2 rings (SSSR count). The van der Waals surface area contributed by atoms with Crippen LogP contribution in [0.4, 0.5) is 0 Å². The number of carbonyl (C=O) groups is 1. The SMILES string of the molecule is Cc1ccc(C(=O)CC(C)C)c2ccccc12. The van der Waals surface area contributed by atoms with E-state index in [-0.39, 0.29) is 5.78 Å². The molecular weight excluding hydrogens is 208 g/mol. The molecule has 17 heavy (non-hydrogen) atoms. The van der Waals surface area contributed by atoms with Gasteiger partial charge >= 0.3 is 0 Å². The van der Waals surface area contributed by atoms with E-state index in [1.165, 1.54) is 10.9 Å². The van der Waals surface area contributed by atoms with Gasteiger partial charge < -0.3 is 0 Å². The van der Waals surface area contributed by atoms with Crippen molar-refractivity contribution in [2.75, 3.05) is 0 Å². The van der Waals surface area contributed by atoms with Crippen LogP contribution in [0.25, 0.3) is 10.8 Å². The van der Waals surface area contributed by atoms with Crippen LogP contribution in [0.2, 0.25) is 0 Å². The van der Waals surface area contributed by atoms with Crippen LogP contribution < -0.4 is 0 Å².